The minimum absolute atomic E-state index is 0.110. The minimum Gasteiger partial charge on any atom is -0.309 e. The first-order chi connectivity index (χ1) is 24.4. The van der Waals surface area contributed by atoms with Crippen LogP contribution in [0.2, 0.25) is 0 Å². The Kier molecular flexibility index (Phi) is 6.21. The molecule has 1 nitrogen and oxygen atoms in total. The highest BCUT2D eigenvalue weighted by Crippen LogP contribution is 2.59. The summed E-state index contributed by atoms with van der Waals surface area (Å²) in [6.07, 6.45) is 0. The highest BCUT2D eigenvalue weighted by molar-refractivity contribution is 7.25. The SMILES string of the molecule is CC1(C)c2ccccc2-c2c(N(c3ccccc3-c3cccc4sc5ccccc5c34)c3cccc4c3-c3ccccc3C4(C)C)cccc21. The highest BCUT2D eigenvalue weighted by Gasteiger charge is 2.41. The largest absolute Gasteiger partial charge is 0.309 e. The molecule has 2 aliphatic carbocycles. The molecule has 8 aromatic rings. The number of fused-ring (bicyclic) bond motifs is 9. The Labute approximate surface area is 298 Å². The van der Waals surface area contributed by atoms with Crippen molar-refractivity contribution in [1.29, 1.82) is 0 Å². The number of thiophene rings is 1. The lowest BCUT2D eigenvalue weighted by Crippen LogP contribution is -2.17. The lowest BCUT2D eigenvalue weighted by molar-refractivity contribution is 0.660. The molecule has 0 amide bonds. The molecule has 0 fully saturated rings. The Morgan fingerprint density at radius 2 is 0.820 bits per heavy atom. The lowest BCUT2D eigenvalue weighted by Gasteiger charge is -2.32. The van der Waals surface area contributed by atoms with Crippen LogP contribution in [0.15, 0.2) is 152 Å². The van der Waals surface area contributed by atoms with Gasteiger partial charge in [-0.3, -0.25) is 0 Å². The quantitative estimate of drug-likeness (QED) is 0.182. The summed E-state index contributed by atoms with van der Waals surface area (Å²) in [4.78, 5) is 2.59. The van der Waals surface area contributed by atoms with Gasteiger partial charge in [-0.25, -0.2) is 0 Å². The summed E-state index contributed by atoms with van der Waals surface area (Å²) in [6.45, 7) is 9.50. The number of benzene rings is 7. The van der Waals surface area contributed by atoms with Crippen molar-refractivity contribution in [3.05, 3.63) is 174 Å². The van der Waals surface area contributed by atoms with Crippen LogP contribution in [0.4, 0.5) is 17.1 Å². The third kappa shape index (κ3) is 3.94. The van der Waals surface area contributed by atoms with Gasteiger partial charge in [0.15, 0.2) is 0 Å². The smallest absolute Gasteiger partial charge is 0.0543 e. The van der Waals surface area contributed by atoms with Crippen molar-refractivity contribution in [2.45, 2.75) is 38.5 Å². The van der Waals surface area contributed by atoms with Crippen LogP contribution >= 0.6 is 11.3 Å². The van der Waals surface area contributed by atoms with Gasteiger partial charge in [0.25, 0.3) is 0 Å². The van der Waals surface area contributed by atoms with Gasteiger partial charge < -0.3 is 4.90 Å². The van der Waals surface area contributed by atoms with E-state index in [-0.39, 0.29) is 10.8 Å². The van der Waals surface area contributed by atoms with Crippen LogP contribution in [0.3, 0.4) is 0 Å². The van der Waals surface area contributed by atoms with Crippen molar-refractivity contribution in [2.24, 2.45) is 0 Å². The fourth-order valence-corrected chi connectivity index (χ4v) is 10.3. The Morgan fingerprint density at radius 1 is 0.380 bits per heavy atom. The molecule has 1 aromatic heterocycles. The molecule has 2 heteroatoms. The van der Waals surface area contributed by atoms with Crippen LogP contribution in [-0.4, -0.2) is 0 Å². The summed E-state index contributed by atoms with van der Waals surface area (Å²) < 4.78 is 2.64. The maximum Gasteiger partial charge on any atom is 0.0543 e. The third-order valence-corrected chi connectivity index (χ3v) is 12.6. The third-order valence-electron chi connectivity index (χ3n) is 11.5. The second-order valence-corrected chi connectivity index (χ2v) is 16.0. The molecule has 1 heterocycles. The summed E-state index contributed by atoms with van der Waals surface area (Å²) in [7, 11) is 0. The number of para-hydroxylation sites is 1. The first-order valence-electron chi connectivity index (χ1n) is 17.6. The number of nitrogens with zero attached hydrogens (tertiary/aromatic N) is 1. The average Bonchev–Trinajstić information content (AvgIpc) is 3.73. The molecule has 0 saturated carbocycles. The predicted molar refractivity (Wildman–Crippen MR) is 215 cm³/mol. The molecule has 50 heavy (non-hydrogen) atoms. The summed E-state index contributed by atoms with van der Waals surface area (Å²) in [6, 6.07) is 56.7. The van der Waals surface area contributed by atoms with E-state index in [9.17, 15) is 0 Å². The van der Waals surface area contributed by atoms with Gasteiger partial charge in [0, 0.05) is 47.7 Å². The summed E-state index contributed by atoms with van der Waals surface area (Å²) >= 11 is 1.88. The Hall–Kier alpha value is -5.44. The van der Waals surface area contributed by atoms with Crippen LogP contribution in [0, 0.1) is 0 Å². The van der Waals surface area contributed by atoms with Gasteiger partial charge in [-0.15, -0.1) is 11.3 Å². The van der Waals surface area contributed by atoms with E-state index >= 15 is 0 Å². The van der Waals surface area contributed by atoms with Gasteiger partial charge >= 0.3 is 0 Å². The first kappa shape index (κ1) is 29.5. The molecule has 0 bridgehead atoms. The number of rotatable bonds is 4. The van der Waals surface area contributed by atoms with Gasteiger partial charge in [-0.1, -0.05) is 149 Å². The molecule has 2 aliphatic rings. The number of hydrogen-bond donors (Lipinski definition) is 0. The van der Waals surface area contributed by atoms with E-state index in [0.717, 1.165) is 0 Å². The summed E-state index contributed by atoms with van der Waals surface area (Å²) in [5.74, 6) is 0. The van der Waals surface area contributed by atoms with Gasteiger partial charge in [-0.05, 0) is 69.3 Å². The molecule has 0 radical (unpaired) electrons. The second kappa shape index (κ2) is 10.5. The molecule has 0 aliphatic heterocycles. The Balaban J connectivity index is 1.33. The van der Waals surface area contributed by atoms with Crippen molar-refractivity contribution in [3.8, 4) is 33.4 Å². The zero-order valence-corrected chi connectivity index (χ0v) is 29.6. The molecular weight excluding hydrogens is 623 g/mol. The minimum atomic E-state index is -0.110. The van der Waals surface area contributed by atoms with Gasteiger partial charge in [0.05, 0.1) is 17.1 Å². The molecule has 0 saturated heterocycles. The van der Waals surface area contributed by atoms with E-state index in [1.807, 2.05) is 11.3 Å². The Bertz CT molecular complexity index is 2560. The molecule has 240 valence electrons. The second-order valence-electron chi connectivity index (χ2n) is 14.9. The lowest BCUT2D eigenvalue weighted by atomic mass is 9.82. The van der Waals surface area contributed by atoms with Crippen LogP contribution in [-0.2, 0) is 10.8 Å². The molecular formula is C48H37NS. The van der Waals surface area contributed by atoms with E-state index in [0.29, 0.717) is 0 Å². The zero-order valence-electron chi connectivity index (χ0n) is 28.8. The van der Waals surface area contributed by atoms with E-state index in [1.54, 1.807) is 0 Å². The van der Waals surface area contributed by atoms with E-state index in [1.165, 1.54) is 92.9 Å². The number of hydrogen-bond acceptors (Lipinski definition) is 2. The normalized spacial score (nSPS) is 14.7. The number of anilines is 3. The summed E-state index contributed by atoms with van der Waals surface area (Å²) in [5, 5.41) is 2.65. The van der Waals surface area contributed by atoms with Crippen molar-refractivity contribution in [3.63, 3.8) is 0 Å². The van der Waals surface area contributed by atoms with E-state index < -0.39 is 0 Å². The standard InChI is InChI=1S/C48H37NS/c1-47(2)35-21-9-5-17-32(35)45-37(47)23-14-26-40(45)49(41-27-15-24-38-46(41)33-18-6-10-22-36(33)48(38,3)4)39-25-11-7-16-30(39)31-20-13-29-43-44(31)34-19-8-12-28-42(34)50-43/h5-29H,1-4H3. The molecule has 0 atom stereocenters. The van der Waals surface area contributed by atoms with Crippen LogP contribution in [0.25, 0.3) is 53.6 Å². The molecule has 0 N–H and O–H groups in total. The molecule has 10 rings (SSSR count). The average molecular weight is 660 g/mol. The van der Waals surface area contributed by atoms with Gasteiger partial charge in [0.1, 0.15) is 0 Å². The van der Waals surface area contributed by atoms with E-state index in [4.69, 9.17) is 0 Å². The maximum absolute atomic E-state index is 2.59. The topological polar surface area (TPSA) is 3.24 Å². The monoisotopic (exact) mass is 659 g/mol. The Morgan fingerprint density at radius 3 is 1.46 bits per heavy atom. The van der Waals surface area contributed by atoms with Crippen molar-refractivity contribution in [1.82, 2.24) is 0 Å². The van der Waals surface area contributed by atoms with Crippen molar-refractivity contribution in [2.75, 3.05) is 4.90 Å². The fraction of sp³-hybridized carbons (Fsp3) is 0.125. The highest BCUT2D eigenvalue weighted by atomic mass is 32.1. The van der Waals surface area contributed by atoms with Crippen molar-refractivity contribution >= 4 is 48.6 Å². The van der Waals surface area contributed by atoms with E-state index in [2.05, 4.69) is 184 Å². The fourth-order valence-electron chi connectivity index (χ4n) is 9.13. The maximum atomic E-state index is 2.59. The van der Waals surface area contributed by atoms with Crippen molar-refractivity contribution < 1.29 is 0 Å². The van der Waals surface area contributed by atoms with Crippen LogP contribution in [0.1, 0.15) is 49.9 Å². The molecule has 7 aromatic carbocycles. The summed E-state index contributed by atoms with van der Waals surface area (Å²) in [5.41, 5.74) is 16.7. The predicted octanol–water partition coefficient (Wildman–Crippen LogP) is 13.8. The molecule has 0 unspecified atom stereocenters. The van der Waals surface area contributed by atoms with Crippen LogP contribution < -0.4 is 4.90 Å². The zero-order chi connectivity index (χ0) is 33.8. The molecule has 0 spiro atoms. The van der Waals surface area contributed by atoms with Gasteiger partial charge in [-0.2, -0.15) is 0 Å². The van der Waals surface area contributed by atoms with Gasteiger partial charge in [0.2, 0.25) is 0 Å². The first-order valence-corrected chi connectivity index (χ1v) is 18.4. The van der Waals surface area contributed by atoms with Crippen LogP contribution in [0.5, 0.6) is 0 Å².